The zero-order valence-corrected chi connectivity index (χ0v) is 19.1. The van der Waals surface area contributed by atoms with Gasteiger partial charge in [0.05, 0.1) is 17.1 Å². The second-order valence-corrected chi connectivity index (χ2v) is 10.3. The van der Waals surface area contributed by atoms with Crippen LogP contribution in [0.4, 0.5) is 10.1 Å². The number of carbonyl (C=O) groups excluding carboxylic acids is 1. The van der Waals surface area contributed by atoms with Gasteiger partial charge in [-0.25, -0.2) is 12.8 Å². The number of rotatable bonds is 4. The Morgan fingerprint density at radius 3 is 2.22 bits per heavy atom. The first-order chi connectivity index (χ1) is 15.2. The highest BCUT2D eigenvalue weighted by Gasteiger charge is 2.31. The summed E-state index contributed by atoms with van der Waals surface area (Å²) in [4.78, 5) is 16.9. The van der Waals surface area contributed by atoms with E-state index < -0.39 is 10.0 Å². The van der Waals surface area contributed by atoms with Crippen LogP contribution in [0.5, 0.6) is 0 Å². The third-order valence-electron chi connectivity index (χ3n) is 5.86. The van der Waals surface area contributed by atoms with Gasteiger partial charge in [-0.15, -0.1) is 0 Å². The lowest BCUT2D eigenvalue weighted by Crippen LogP contribution is -2.49. The number of ether oxygens (including phenoxy) is 1. The number of sulfonamides is 1. The minimum absolute atomic E-state index is 0.0629. The molecule has 1 amide bonds. The van der Waals surface area contributed by atoms with Gasteiger partial charge in [0.1, 0.15) is 5.82 Å². The Hall–Kier alpha value is -2.49. The number of hydrogen-bond acceptors (Lipinski definition) is 5. The number of benzene rings is 2. The summed E-state index contributed by atoms with van der Waals surface area (Å²) in [5.74, 6) is -0.490. The number of anilines is 1. The van der Waals surface area contributed by atoms with Gasteiger partial charge in [-0.2, -0.15) is 4.31 Å². The molecule has 2 atom stereocenters. The number of nitrogens with zero attached hydrogens (tertiary/aromatic N) is 3. The monoisotopic (exact) mass is 461 g/mol. The number of amides is 1. The lowest BCUT2D eigenvalue weighted by atomic mass is 10.1. The Kier molecular flexibility index (Phi) is 6.50. The van der Waals surface area contributed by atoms with Crippen LogP contribution >= 0.6 is 0 Å². The van der Waals surface area contributed by atoms with Crippen LogP contribution < -0.4 is 4.90 Å². The summed E-state index contributed by atoms with van der Waals surface area (Å²) < 4.78 is 46.8. The molecule has 2 aromatic rings. The summed E-state index contributed by atoms with van der Waals surface area (Å²) in [6.07, 6.45) is -0.126. The highest BCUT2D eigenvalue weighted by Crippen LogP contribution is 2.23. The van der Waals surface area contributed by atoms with Crippen molar-refractivity contribution in [2.45, 2.75) is 31.0 Å². The molecule has 2 aromatic carbocycles. The maximum Gasteiger partial charge on any atom is 0.254 e. The van der Waals surface area contributed by atoms with Crippen molar-refractivity contribution in [2.75, 3.05) is 44.2 Å². The molecule has 32 heavy (non-hydrogen) atoms. The maximum absolute atomic E-state index is 13.2. The van der Waals surface area contributed by atoms with Crippen LogP contribution in [0.1, 0.15) is 24.2 Å². The van der Waals surface area contributed by atoms with Gasteiger partial charge in [0, 0.05) is 50.5 Å². The summed E-state index contributed by atoms with van der Waals surface area (Å²) in [7, 11) is -3.73. The Bertz CT molecular complexity index is 1060. The molecule has 4 rings (SSSR count). The van der Waals surface area contributed by atoms with E-state index in [1.807, 2.05) is 18.7 Å². The highest BCUT2D eigenvalue weighted by molar-refractivity contribution is 7.89. The topological polar surface area (TPSA) is 70.2 Å². The molecule has 0 N–H and O–H groups in total. The Morgan fingerprint density at radius 2 is 1.59 bits per heavy atom. The highest BCUT2D eigenvalue weighted by atomic mass is 32.2. The molecule has 2 saturated heterocycles. The Morgan fingerprint density at radius 1 is 0.969 bits per heavy atom. The molecule has 0 spiro atoms. The maximum atomic E-state index is 13.2. The molecule has 0 aromatic heterocycles. The van der Waals surface area contributed by atoms with Gasteiger partial charge in [-0.3, -0.25) is 4.79 Å². The van der Waals surface area contributed by atoms with Gasteiger partial charge in [0.25, 0.3) is 5.91 Å². The fraction of sp³-hybridized carbons (Fsp3) is 0.435. The molecular weight excluding hydrogens is 433 g/mol. The molecule has 0 saturated carbocycles. The summed E-state index contributed by atoms with van der Waals surface area (Å²) in [5.41, 5.74) is 1.22. The molecule has 2 aliphatic rings. The van der Waals surface area contributed by atoms with Crippen molar-refractivity contribution < 1.29 is 22.3 Å². The molecule has 0 unspecified atom stereocenters. The average Bonchev–Trinajstić information content (AvgIpc) is 2.78. The molecule has 172 valence electrons. The molecule has 9 heteroatoms. The normalized spacial score (nSPS) is 22.7. The van der Waals surface area contributed by atoms with E-state index in [0.717, 1.165) is 5.69 Å². The van der Waals surface area contributed by atoms with E-state index in [0.29, 0.717) is 44.8 Å². The van der Waals surface area contributed by atoms with Crippen molar-refractivity contribution in [1.29, 1.82) is 0 Å². The largest absolute Gasteiger partial charge is 0.372 e. The van der Waals surface area contributed by atoms with E-state index in [1.54, 1.807) is 29.2 Å². The minimum Gasteiger partial charge on any atom is -0.372 e. The van der Waals surface area contributed by atoms with Crippen molar-refractivity contribution in [2.24, 2.45) is 0 Å². The lowest BCUT2D eigenvalue weighted by molar-refractivity contribution is -0.0586. The fourth-order valence-electron chi connectivity index (χ4n) is 4.30. The number of carbonyl (C=O) groups is 1. The predicted octanol–water partition coefficient (Wildman–Crippen LogP) is 2.59. The first-order valence-corrected chi connectivity index (χ1v) is 12.2. The van der Waals surface area contributed by atoms with Gasteiger partial charge in [-0.1, -0.05) is 6.07 Å². The van der Waals surface area contributed by atoms with Gasteiger partial charge < -0.3 is 14.5 Å². The van der Waals surface area contributed by atoms with E-state index in [9.17, 15) is 17.6 Å². The number of hydrogen-bond donors (Lipinski definition) is 0. The van der Waals surface area contributed by atoms with Gasteiger partial charge >= 0.3 is 0 Å². The average molecular weight is 462 g/mol. The van der Waals surface area contributed by atoms with Crippen LogP contribution in [-0.2, 0) is 14.8 Å². The fourth-order valence-corrected chi connectivity index (χ4v) is 5.77. The first-order valence-electron chi connectivity index (χ1n) is 10.8. The number of morpholine rings is 1. The van der Waals surface area contributed by atoms with Gasteiger partial charge in [-0.05, 0) is 56.3 Å². The minimum atomic E-state index is -3.73. The summed E-state index contributed by atoms with van der Waals surface area (Å²) in [6.45, 7) is 6.44. The third kappa shape index (κ3) is 4.79. The van der Waals surface area contributed by atoms with Crippen LogP contribution in [0.2, 0.25) is 0 Å². The second kappa shape index (κ2) is 9.17. The number of halogens is 1. The molecule has 2 fully saturated rings. The van der Waals surface area contributed by atoms with Crippen LogP contribution in [0, 0.1) is 5.82 Å². The van der Waals surface area contributed by atoms with E-state index in [4.69, 9.17) is 4.74 Å². The standard InChI is InChI=1S/C23H28FN3O4S/c1-17-15-26(16-18(2)31-17)23(28)19-4-3-5-22(14-19)32(29,30)27-12-10-25(11-13-27)21-8-6-20(24)7-9-21/h3-9,14,17-18H,10-13,15-16H2,1-2H3/t17-,18-/m1/s1. The Labute approximate surface area is 188 Å². The van der Waals surface area contributed by atoms with Crippen LogP contribution in [-0.4, -0.2) is 75.0 Å². The summed E-state index contributed by atoms with van der Waals surface area (Å²) in [5, 5.41) is 0. The summed E-state index contributed by atoms with van der Waals surface area (Å²) in [6, 6.07) is 12.5. The van der Waals surface area contributed by atoms with Gasteiger partial charge in [0.2, 0.25) is 10.0 Å². The van der Waals surface area contributed by atoms with Crippen molar-refractivity contribution in [1.82, 2.24) is 9.21 Å². The summed E-state index contributed by atoms with van der Waals surface area (Å²) >= 11 is 0. The van der Waals surface area contributed by atoms with E-state index in [2.05, 4.69) is 0 Å². The SMILES string of the molecule is C[C@@H]1CN(C(=O)c2cccc(S(=O)(=O)N3CCN(c4ccc(F)cc4)CC3)c2)C[C@@H](C)O1. The van der Waals surface area contributed by atoms with Crippen LogP contribution in [0.15, 0.2) is 53.4 Å². The molecule has 0 bridgehead atoms. The Balaban J connectivity index is 1.46. The van der Waals surface area contributed by atoms with Crippen molar-refractivity contribution in [3.05, 3.63) is 59.9 Å². The van der Waals surface area contributed by atoms with Crippen molar-refractivity contribution in [3.63, 3.8) is 0 Å². The molecule has 0 radical (unpaired) electrons. The number of piperazine rings is 1. The smallest absolute Gasteiger partial charge is 0.254 e. The predicted molar refractivity (Wildman–Crippen MR) is 120 cm³/mol. The zero-order valence-electron chi connectivity index (χ0n) is 18.3. The molecule has 2 heterocycles. The van der Waals surface area contributed by atoms with E-state index in [1.165, 1.54) is 28.6 Å². The first kappa shape index (κ1) is 22.7. The molecule has 2 aliphatic heterocycles. The van der Waals surface area contributed by atoms with E-state index >= 15 is 0 Å². The molecule has 0 aliphatic carbocycles. The van der Waals surface area contributed by atoms with Crippen LogP contribution in [0.3, 0.4) is 0 Å². The second-order valence-electron chi connectivity index (χ2n) is 8.36. The quantitative estimate of drug-likeness (QED) is 0.700. The van der Waals surface area contributed by atoms with Gasteiger partial charge in [0.15, 0.2) is 0 Å². The zero-order chi connectivity index (χ0) is 22.9. The van der Waals surface area contributed by atoms with Crippen molar-refractivity contribution >= 4 is 21.6 Å². The van der Waals surface area contributed by atoms with Crippen molar-refractivity contribution in [3.8, 4) is 0 Å². The van der Waals surface area contributed by atoms with E-state index in [-0.39, 0.29) is 28.8 Å². The molecule has 7 nitrogen and oxygen atoms in total. The van der Waals surface area contributed by atoms with Crippen LogP contribution in [0.25, 0.3) is 0 Å². The lowest BCUT2D eigenvalue weighted by Gasteiger charge is -2.36. The third-order valence-corrected chi connectivity index (χ3v) is 7.75. The molecular formula is C23H28FN3O4S.